The first-order chi connectivity index (χ1) is 13.4. The lowest BCUT2D eigenvalue weighted by Crippen LogP contribution is -2.41. The smallest absolute Gasteiger partial charge is 0.454 e. The van der Waals surface area contributed by atoms with Crippen molar-refractivity contribution in [1.29, 1.82) is 0 Å². The van der Waals surface area contributed by atoms with Gasteiger partial charge in [0.25, 0.3) is 0 Å². The van der Waals surface area contributed by atoms with Crippen LogP contribution in [0.1, 0.15) is 27.7 Å². The SMILES string of the molecule is CC1(C)OB(c2ccc3c(c2)-c2cccnc2-c2ncccc2O3)OC1(C)C. The lowest BCUT2D eigenvalue weighted by Gasteiger charge is -2.32. The number of hydrogen-bond donors (Lipinski definition) is 0. The van der Waals surface area contributed by atoms with Gasteiger partial charge < -0.3 is 14.0 Å². The van der Waals surface area contributed by atoms with Crippen molar-refractivity contribution in [2.45, 2.75) is 38.9 Å². The lowest BCUT2D eigenvalue weighted by atomic mass is 9.77. The van der Waals surface area contributed by atoms with Crippen molar-refractivity contribution >= 4 is 12.6 Å². The Kier molecular flexibility index (Phi) is 3.67. The first-order valence-corrected chi connectivity index (χ1v) is 9.44. The number of fused-ring (bicyclic) bond motifs is 5. The zero-order chi connectivity index (χ0) is 19.5. The molecule has 5 nitrogen and oxygen atoms in total. The van der Waals surface area contributed by atoms with Crippen LogP contribution in [0.3, 0.4) is 0 Å². The van der Waals surface area contributed by atoms with E-state index in [-0.39, 0.29) is 11.2 Å². The minimum atomic E-state index is -0.431. The molecule has 1 fully saturated rings. The number of aromatic nitrogens is 2. The van der Waals surface area contributed by atoms with Gasteiger partial charge in [0.2, 0.25) is 0 Å². The lowest BCUT2D eigenvalue weighted by molar-refractivity contribution is 0.00578. The van der Waals surface area contributed by atoms with Crippen LogP contribution in [0, 0.1) is 0 Å². The van der Waals surface area contributed by atoms with Crippen molar-refractivity contribution in [2.24, 2.45) is 0 Å². The maximum absolute atomic E-state index is 6.23. The second-order valence-corrected chi connectivity index (χ2v) is 8.20. The number of benzene rings is 1. The van der Waals surface area contributed by atoms with E-state index in [1.807, 2.05) is 36.4 Å². The van der Waals surface area contributed by atoms with E-state index < -0.39 is 7.12 Å². The van der Waals surface area contributed by atoms with Crippen molar-refractivity contribution in [2.75, 3.05) is 0 Å². The highest BCUT2D eigenvalue weighted by molar-refractivity contribution is 6.62. The van der Waals surface area contributed by atoms with Crippen molar-refractivity contribution in [3.05, 3.63) is 54.9 Å². The number of rotatable bonds is 1. The molecule has 3 aromatic rings. The fourth-order valence-electron chi connectivity index (χ4n) is 3.55. The van der Waals surface area contributed by atoms with E-state index in [2.05, 4.69) is 43.7 Å². The molecule has 6 heteroatoms. The van der Waals surface area contributed by atoms with E-state index >= 15 is 0 Å². The molecule has 0 N–H and O–H groups in total. The summed E-state index contributed by atoms with van der Waals surface area (Å²) in [7, 11) is -0.431. The van der Waals surface area contributed by atoms with Gasteiger partial charge in [0.1, 0.15) is 17.1 Å². The fraction of sp³-hybridized carbons (Fsp3) is 0.273. The van der Waals surface area contributed by atoms with Crippen molar-refractivity contribution in [1.82, 2.24) is 9.97 Å². The zero-order valence-corrected chi connectivity index (χ0v) is 16.4. The van der Waals surface area contributed by atoms with E-state index in [1.165, 1.54) is 0 Å². The van der Waals surface area contributed by atoms with E-state index in [9.17, 15) is 0 Å². The molecule has 0 saturated carbocycles. The molecule has 4 heterocycles. The van der Waals surface area contributed by atoms with Gasteiger partial charge in [-0.05, 0) is 57.4 Å². The average molecular weight is 372 g/mol. The summed E-state index contributed by atoms with van der Waals surface area (Å²) in [6.07, 6.45) is 3.53. The molecule has 0 bridgehead atoms. The van der Waals surface area contributed by atoms with E-state index in [1.54, 1.807) is 12.4 Å². The number of hydrogen-bond acceptors (Lipinski definition) is 5. The second kappa shape index (κ2) is 5.90. The summed E-state index contributed by atoms with van der Waals surface area (Å²) in [6.45, 7) is 8.23. The van der Waals surface area contributed by atoms with Crippen molar-refractivity contribution < 1.29 is 14.0 Å². The van der Waals surface area contributed by atoms with Crippen LogP contribution < -0.4 is 10.2 Å². The van der Waals surface area contributed by atoms with Gasteiger partial charge in [0, 0.05) is 23.5 Å². The van der Waals surface area contributed by atoms with E-state index in [0.29, 0.717) is 5.75 Å². The summed E-state index contributed by atoms with van der Waals surface area (Å²) in [5.74, 6) is 1.46. The van der Waals surface area contributed by atoms with Crippen LogP contribution in [0.4, 0.5) is 0 Å². The Labute approximate surface area is 164 Å². The highest BCUT2D eigenvalue weighted by Gasteiger charge is 2.51. The molecule has 0 spiro atoms. The molecule has 0 atom stereocenters. The van der Waals surface area contributed by atoms with Gasteiger partial charge in [-0.1, -0.05) is 18.2 Å². The van der Waals surface area contributed by atoms with Crippen molar-refractivity contribution in [3.63, 3.8) is 0 Å². The van der Waals surface area contributed by atoms with Gasteiger partial charge in [-0.15, -0.1) is 0 Å². The standard InChI is InChI=1S/C22H21BN2O3/c1-21(2)22(3,4)28-23(27-21)14-9-10-17-16(13-14)15-7-5-11-24-19(15)20-18(26-17)8-6-12-25-20/h5-13H,1-4H3. The van der Waals surface area contributed by atoms with E-state index in [0.717, 1.165) is 33.7 Å². The van der Waals surface area contributed by atoms with Crippen LogP contribution in [-0.4, -0.2) is 28.3 Å². The topological polar surface area (TPSA) is 53.5 Å². The molecular formula is C22H21BN2O3. The Balaban J connectivity index is 1.65. The largest absolute Gasteiger partial charge is 0.494 e. The van der Waals surface area contributed by atoms with Gasteiger partial charge >= 0.3 is 7.12 Å². The molecular weight excluding hydrogens is 351 g/mol. The second-order valence-electron chi connectivity index (χ2n) is 8.20. The molecule has 28 heavy (non-hydrogen) atoms. The summed E-state index contributed by atoms with van der Waals surface area (Å²) in [6, 6.07) is 13.8. The van der Waals surface area contributed by atoms with Gasteiger partial charge in [0.05, 0.1) is 11.2 Å². The molecule has 0 amide bonds. The third-order valence-electron chi connectivity index (χ3n) is 5.84. The number of nitrogens with zero attached hydrogens (tertiary/aromatic N) is 2. The van der Waals surface area contributed by atoms with Gasteiger partial charge in [-0.25, -0.2) is 0 Å². The van der Waals surface area contributed by atoms with Crippen molar-refractivity contribution in [3.8, 4) is 34.0 Å². The summed E-state index contributed by atoms with van der Waals surface area (Å²) in [5, 5.41) is 0. The minimum absolute atomic E-state index is 0.388. The molecule has 2 aliphatic rings. The molecule has 2 aromatic heterocycles. The predicted octanol–water partition coefficient (Wildman–Crippen LogP) is 4.22. The van der Waals surface area contributed by atoms with Crippen LogP contribution in [-0.2, 0) is 9.31 Å². The van der Waals surface area contributed by atoms with Crippen LogP contribution in [0.5, 0.6) is 11.5 Å². The molecule has 0 radical (unpaired) electrons. The molecule has 140 valence electrons. The molecule has 0 unspecified atom stereocenters. The summed E-state index contributed by atoms with van der Waals surface area (Å²) in [4.78, 5) is 9.09. The number of ether oxygens (including phenoxy) is 1. The fourth-order valence-corrected chi connectivity index (χ4v) is 3.55. The maximum Gasteiger partial charge on any atom is 0.494 e. The Hall–Kier alpha value is -2.70. The average Bonchev–Trinajstić information content (AvgIpc) is 2.82. The first kappa shape index (κ1) is 17.4. The van der Waals surface area contributed by atoms with Gasteiger partial charge in [0.15, 0.2) is 5.75 Å². The van der Waals surface area contributed by atoms with Crippen LogP contribution in [0.15, 0.2) is 54.9 Å². The third-order valence-corrected chi connectivity index (χ3v) is 5.84. The van der Waals surface area contributed by atoms with Crippen LogP contribution in [0.2, 0.25) is 0 Å². The molecule has 0 aliphatic carbocycles. The van der Waals surface area contributed by atoms with Gasteiger partial charge in [-0.2, -0.15) is 0 Å². The molecule has 5 rings (SSSR count). The Morgan fingerprint density at radius 1 is 0.750 bits per heavy atom. The first-order valence-electron chi connectivity index (χ1n) is 9.44. The molecule has 1 aromatic carbocycles. The number of pyridine rings is 2. The summed E-state index contributed by atoms with van der Waals surface area (Å²) >= 11 is 0. The quantitative estimate of drug-likeness (QED) is 0.469. The minimum Gasteiger partial charge on any atom is -0.454 e. The predicted molar refractivity (Wildman–Crippen MR) is 109 cm³/mol. The highest BCUT2D eigenvalue weighted by Crippen LogP contribution is 2.44. The van der Waals surface area contributed by atoms with Crippen LogP contribution >= 0.6 is 0 Å². The molecule has 2 aliphatic heterocycles. The maximum atomic E-state index is 6.23. The normalized spacial score (nSPS) is 18.5. The summed E-state index contributed by atoms with van der Waals surface area (Å²) in [5.41, 5.74) is 3.66. The van der Waals surface area contributed by atoms with E-state index in [4.69, 9.17) is 14.0 Å². The third kappa shape index (κ3) is 2.56. The zero-order valence-electron chi connectivity index (χ0n) is 16.4. The molecule has 1 saturated heterocycles. The van der Waals surface area contributed by atoms with Gasteiger partial charge in [-0.3, -0.25) is 9.97 Å². The Bertz CT molecular complexity index is 1060. The highest BCUT2D eigenvalue weighted by atomic mass is 16.7. The Morgan fingerprint density at radius 3 is 2.18 bits per heavy atom. The Morgan fingerprint density at radius 2 is 1.43 bits per heavy atom. The summed E-state index contributed by atoms with van der Waals surface area (Å²) < 4.78 is 18.7. The van der Waals surface area contributed by atoms with Crippen LogP contribution in [0.25, 0.3) is 22.5 Å². The monoisotopic (exact) mass is 372 g/mol.